The largest absolute Gasteiger partial charge is 0.406 e. The van der Waals surface area contributed by atoms with Crippen molar-refractivity contribution in [3.8, 4) is 0 Å². The summed E-state index contributed by atoms with van der Waals surface area (Å²) in [6, 6.07) is 11.4. The van der Waals surface area contributed by atoms with E-state index in [0.29, 0.717) is 16.2 Å². The number of carbonyl (C=O) groups excluding carboxylic acids is 2. The predicted molar refractivity (Wildman–Crippen MR) is 99.0 cm³/mol. The number of benzene rings is 2. The molecule has 0 fully saturated rings. The van der Waals surface area contributed by atoms with Crippen LogP contribution in [0.2, 0.25) is 0 Å². The first-order valence-corrected chi connectivity index (χ1v) is 8.48. The first-order chi connectivity index (χ1) is 13.5. The lowest BCUT2D eigenvalue weighted by Crippen LogP contribution is -2.39. The Balaban J connectivity index is 2.20. The first kappa shape index (κ1) is 21.9. The standard InChI is InChI=1S/C19H18F3N3O4/c1-13(26)23-16-8-6-14(7-9-16)10-18(27)24(12-19(20,21)22)11-15-4-2-3-5-17(15)25(28)29/h2-9H,10-12H2,1H3,(H,23,26). The summed E-state index contributed by atoms with van der Waals surface area (Å²) in [7, 11) is 0. The summed E-state index contributed by atoms with van der Waals surface area (Å²) in [5, 5.41) is 13.6. The number of nitro groups is 1. The number of carbonyl (C=O) groups is 2. The van der Waals surface area contributed by atoms with Gasteiger partial charge in [0.25, 0.3) is 5.69 Å². The molecule has 2 rings (SSSR count). The summed E-state index contributed by atoms with van der Waals surface area (Å²) in [5.41, 5.74) is 0.586. The minimum Gasteiger partial charge on any atom is -0.329 e. The van der Waals surface area contributed by atoms with E-state index in [9.17, 15) is 32.9 Å². The highest BCUT2D eigenvalue weighted by molar-refractivity contribution is 5.88. The van der Waals surface area contributed by atoms with Gasteiger partial charge in [-0.3, -0.25) is 19.7 Å². The Morgan fingerprint density at radius 1 is 1.10 bits per heavy atom. The second-order valence-corrected chi connectivity index (χ2v) is 6.31. The van der Waals surface area contributed by atoms with Crippen LogP contribution in [-0.2, 0) is 22.6 Å². The molecule has 0 aliphatic heterocycles. The highest BCUT2D eigenvalue weighted by Gasteiger charge is 2.33. The number of hydrogen-bond donors (Lipinski definition) is 1. The number of alkyl halides is 3. The number of amides is 2. The fraction of sp³-hybridized carbons (Fsp3) is 0.263. The topological polar surface area (TPSA) is 92.6 Å². The number of para-hydroxylation sites is 1. The zero-order chi connectivity index (χ0) is 21.6. The fourth-order valence-electron chi connectivity index (χ4n) is 2.67. The van der Waals surface area contributed by atoms with Crippen molar-refractivity contribution in [1.82, 2.24) is 4.90 Å². The van der Waals surface area contributed by atoms with Crippen LogP contribution < -0.4 is 5.32 Å². The van der Waals surface area contributed by atoms with Crippen LogP contribution in [0.3, 0.4) is 0 Å². The Kier molecular flexibility index (Phi) is 6.92. The van der Waals surface area contributed by atoms with E-state index < -0.39 is 30.1 Å². The maximum Gasteiger partial charge on any atom is 0.406 e. The van der Waals surface area contributed by atoms with Gasteiger partial charge in [-0.25, -0.2) is 0 Å². The van der Waals surface area contributed by atoms with Gasteiger partial charge in [0.2, 0.25) is 11.8 Å². The van der Waals surface area contributed by atoms with E-state index >= 15 is 0 Å². The SMILES string of the molecule is CC(=O)Nc1ccc(CC(=O)N(Cc2ccccc2[N+](=O)[O-])CC(F)(F)F)cc1. The van der Waals surface area contributed by atoms with Crippen LogP contribution in [0.25, 0.3) is 0 Å². The molecule has 0 atom stereocenters. The van der Waals surface area contributed by atoms with Gasteiger partial charge in [0.1, 0.15) is 6.54 Å². The number of nitro benzene ring substituents is 1. The fourth-order valence-corrected chi connectivity index (χ4v) is 2.67. The summed E-state index contributed by atoms with van der Waals surface area (Å²) in [5.74, 6) is -1.11. The highest BCUT2D eigenvalue weighted by Crippen LogP contribution is 2.23. The monoisotopic (exact) mass is 409 g/mol. The molecule has 0 aliphatic carbocycles. The maximum absolute atomic E-state index is 13.0. The molecule has 2 amide bonds. The Hall–Kier alpha value is -3.43. The third-order valence-corrected chi connectivity index (χ3v) is 3.90. The molecule has 0 spiro atoms. The summed E-state index contributed by atoms with van der Waals surface area (Å²) < 4.78 is 38.9. The van der Waals surface area contributed by atoms with Crippen LogP contribution in [0.4, 0.5) is 24.5 Å². The smallest absolute Gasteiger partial charge is 0.329 e. The van der Waals surface area contributed by atoms with Gasteiger partial charge in [0, 0.05) is 24.2 Å². The number of nitrogens with zero attached hydrogens (tertiary/aromatic N) is 2. The molecule has 7 nitrogen and oxygen atoms in total. The van der Waals surface area contributed by atoms with E-state index in [1.807, 2.05) is 0 Å². The molecule has 0 radical (unpaired) electrons. The lowest BCUT2D eigenvalue weighted by Gasteiger charge is -2.24. The molecular weight excluding hydrogens is 391 g/mol. The molecule has 29 heavy (non-hydrogen) atoms. The van der Waals surface area contributed by atoms with Crippen molar-refractivity contribution in [1.29, 1.82) is 0 Å². The van der Waals surface area contributed by atoms with Crippen molar-refractivity contribution in [2.24, 2.45) is 0 Å². The van der Waals surface area contributed by atoms with Crippen molar-refractivity contribution in [2.75, 3.05) is 11.9 Å². The number of nitrogens with one attached hydrogen (secondary N) is 1. The first-order valence-electron chi connectivity index (χ1n) is 8.48. The zero-order valence-corrected chi connectivity index (χ0v) is 15.4. The molecule has 0 saturated carbocycles. The summed E-state index contributed by atoms with van der Waals surface area (Å²) >= 11 is 0. The Morgan fingerprint density at radius 3 is 2.28 bits per heavy atom. The molecule has 0 saturated heterocycles. The van der Waals surface area contributed by atoms with Gasteiger partial charge in [-0.15, -0.1) is 0 Å². The maximum atomic E-state index is 13.0. The van der Waals surface area contributed by atoms with E-state index in [4.69, 9.17) is 0 Å². The van der Waals surface area contributed by atoms with Crippen LogP contribution in [0, 0.1) is 10.1 Å². The summed E-state index contributed by atoms with van der Waals surface area (Å²) in [4.78, 5) is 34.5. The summed E-state index contributed by atoms with van der Waals surface area (Å²) in [6.07, 6.45) is -4.98. The highest BCUT2D eigenvalue weighted by atomic mass is 19.4. The average Bonchev–Trinajstić information content (AvgIpc) is 2.61. The molecule has 2 aromatic carbocycles. The van der Waals surface area contributed by atoms with Crippen molar-refractivity contribution in [3.63, 3.8) is 0 Å². The van der Waals surface area contributed by atoms with E-state index in [1.165, 1.54) is 55.5 Å². The van der Waals surface area contributed by atoms with Gasteiger partial charge < -0.3 is 10.2 Å². The normalized spacial score (nSPS) is 11.0. The number of halogens is 3. The van der Waals surface area contributed by atoms with Gasteiger partial charge in [-0.1, -0.05) is 30.3 Å². The molecule has 2 aromatic rings. The minimum atomic E-state index is -4.66. The van der Waals surface area contributed by atoms with Crippen LogP contribution >= 0.6 is 0 Å². The molecule has 0 heterocycles. The van der Waals surface area contributed by atoms with E-state index in [-0.39, 0.29) is 23.6 Å². The second-order valence-electron chi connectivity index (χ2n) is 6.31. The molecule has 0 aromatic heterocycles. The van der Waals surface area contributed by atoms with Crippen LogP contribution in [0.5, 0.6) is 0 Å². The molecule has 1 N–H and O–H groups in total. The second kappa shape index (κ2) is 9.18. The van der Waals surface area contributed by atoms with Crippen LogP contribution in [0.1, 0.15) is 18.1 Å². The van der Waals surface area contributed by atoms with E-state index in [0.717, 1.165) is 0 Å². The molecule has 10 heteroatoms. The quantitative estimate of drug-likeness (QED) is 0.558. The number of hydrogen-bond acceptors (Lipinski definition) is 4. The molecule has 154 valence electrons. The van der Waals surface area contributed by atoms with Crippen LogP contribution in [0.15, 0.2) is 48.5 Å². The molecule has 0 aliphatic rings. The number of rotatable bonds is 7. The van der Waals surface area contributed by atoms with E-state index in [1.54, 1.807) is 0 Å². The number of anilines is 1. The van der Waals surface area contributed by atoms with Crippen molar-refractivity contribution in [2.45, 2.75) is 26.1 Å². The Morgan fingerprint density at radius 2 is 1.72 bits per heavy atom. The van der Waals surface area contributed by atoms with Gasteiger partial charge in [0.05, 0.1) is 17.9 Å². The molecule has 0 bridgehead atoms. The lowest BCUT2D eigenvalue weighted by atomic mass is 10.1. The van der Waals surface area contributed by atoms with E-state index in [2.05, 4.69) is 5.32 Å². The van der Waals surface area contributed by atoms with Crippen molar-refractivity contribution in [3.05, 3.63) is 69.8 Å². The Labute approximate surface area is 164 Å². The van der Waals surface area contributed by atoms with Crippen molar-refractivity contribution < 1.29 is 27.7 Å². The van der Waals surface area contributed by atoms with Gasteiger partial charge in [-0.05, 0) is 17.7 Å². The zero-order valence-electron chi connectivity index (χ0n) is 15.4. The van der Waals surface area contributed by atoms with Gasteiger partial charge in [0.15, 0.2) is 0 Å². The van der Waals surface area contributed by atoms with Gasteiger partial charge in [-0.2, -0.15) is 13.2 Å². The van der Waals surface area contributed by atoms with Gasteiger partial charge >= 0.3 is 6.18 Å². The molecular formula is C19H18F3N3O4. The third kappa shape index (κ3) is 6.91. The van der Waals surface area contributed by atoms with Crippen molar-refractivity contribution >= 4 is 23.2 Å². The van der Waals surface area contributed by atoms with Crippen LogP contribution in [-0.4, -0.2) is 34.4 Å². The minimum absolute atomic E-state index is 0.0103. The lowest BCUT2D eigenvalue weighted by molar-refractivity contribution is -0.385. The average molecular weight is 409 g/mol. The molecule has 0 unspecified atom stereocenters. The Bertz CT molecular complexity index is 898. The third-order valence-electron chi connectivity index (χ3n) is 3.90. The predicted octanol–water partition coefficient (Wildman–Crippen LogP) is 3.69. The summed E-state index contributed by atoms with van der Waals surface area (Å²) in [6.45, 7) is -0.740.